The van der Waals surface area contributed by atoms with Crippen molar-refractivity contribution in [2.75, 3.05) is 11.5 Å². The van der Waals surface area contributed by atoms with Gasteiger partial charge in [-0.05, 0) is 13.0 Å². The fraction of sp³-hybridized carbons (Fsp3) is 0.625. The van der Waals surface area contributed by atoms with E-state index in [0.29, 0.717) is 0 Å². The van der Waals surface area contributed by atoms with E-state index in [1.807, 2.05) is 13.0 Å². The molecule has 0 spiro atoms. The molecular weight excluding hydrogens is 202 g/mol. The van der Waals surface area contributed by atoms with Crippen molar-refractivity contribution in [2.45, 2.75) is 19.0 Å². The molecule has 2 heterocycles. The van der Waals surface area contributed by atoms with Crippen LogP contribution in [-0.4, -0.2) is 29.7 Å². The highest BCUT2D eigenvalue weighted by Crippen LogP contribution is 2.25. The van der Waals surface area contributed by atoms with Gasteiger partial charge in [-0.3, -0.25) is 4.68 Å². The molecule has 6 heteroatoms. The van der Waals surface area contributed by atoms with E-state index in [0.717, 1.165) is 5.69 Å². The van der Waals surface area contributed by atoms with E-state index in [1.165, 1.54) is 0 Å². The average Bonchev–Trinajstić information content (AvgIpc) is 2.46. The molecule has 1 atom stereocenters. The zero-order valence-corrected chi connectivity index (χ0v) is 8.74. The first kappa shape index (κ1) is 9.67. The number of rotatable bonds is 2. The zero-order valence-electron chi connectivity index (χ0n) is 7.92. The number of hydrogen-bond acceptors (Lipinski definition) is 4. The van der Waals surface area contributed by atoms with Gasteiger partial charge >= 0.3 is 0 Å². The van der Waals surface area contributed by atoms with Gasteiger partial charge < -0.3 is 5.73 Å². The molecule has 1 aromatic rings. The first-order valence-electron chi connectivity index (χ1n) is 4.49. The molecule has 5 nitrogen and oxygen atoms in total. The van der Waals surface area contributed by atoms with Gasteiger partial charge in [0.25, 0.3) is 0 Å². The highest BCUT2D eigenvalue weighted by atomic mass is 32.2. The molecule has 2 N–H and O–H groups in total. The van der Waals surface area contributed by atoms with Gasteiger partial charge in [-0.1, -0.05) is 0 Å². The maximum Gasteiger partial charge on any atom is 0.154 e. The van der Waals surface area contributed by atoms with Crippen LogP contribution in [0.3, 0.4) is 0 Å². The Morgan fingerprint density at radius 1 is 1.64 bits per heavy atom. The Bertz CT molecular complexity index is 423. The third-order valence-electron chi connectivity index (χ3n) is 2.41. The van der Waals surface area contributed by atoms with Crippen LogP contribution in [0.15, 0.2) is 12.3 Å². The van der Waals surface area contributed by atoms with E-state index in [2.05, 4.69) is 5.10 Å². The average molecular weight is 215 g/mol. The van der Waals surface area contributed by atoms with Gasteiger partial charge in [0, 0.05) is 12.2 Å². The SMILES string of the molecule is CC(N)c1ccnn1C1CS(=O)(=O)C1. The summed E-state index contributed by atoms with van der Waals surface area (Å²) in [6, 6.07) is 1.70. The van der Waals surface area contributed by atoms with Gasteiger partial charge in [0.05, 0.1) is 23.2 Å². The molecule has 0 aromatic carbocycles. The summed E-state index contributed by atoms with van der Waals surface area (Å²) in [5, 5.41) is 4.10. The molecule has 1 saturated heterocycles. The summed E-state index contributed by atoms with van der Waals surface area (Å²) in [6.07, 6.45) is 1.66. The summed E-state index contributed by atoms with van der Waals surface area (Å²) in [5.41, 5.74) is 6.63. The Labute approximate surface area is 82.8 Å². The summed E-state index contributed by atoms with van der Waals surface area (Å²) in [5.74, 6) is 0.378. The van der Waals surface area contributed by atoms with E-state index < -0.39 is 9.84 Å². The zero-order chi connectivity index (χ0) is 10.3. The molecule has 1 aliphatic rings. The fourth-order valence-corrected chi connectivity index (χ4v) is 3.03. The minimum atomic E-state index is -2.80. The Morgan fingerprint density at radius 2 is 2.29 bits per heavy atom. The molecule has 2 rings (SSSR count). The van der Waals surface area contributed by atoms with Crippen molar-refractivity contribution in [3.8, 4) is 0 Å². The summed E-state index contributed by atoms with van der Waals surface area (Å²) >= 11 is 0. The smallest absolute Gasteiger partial charge is 0.154 e. The lowest BCUT2D eigenvalue weighted by molar-refractivity contribution is 0.451. The van der Waals surface area contributed by atoms with Crippen LogP contribution in [-0.2, 0) is 9.84 Å². The van der Waals surface area contributed by atoms with Gasteiger partial charge in [-0.25, -0.2) is 8.42 Å². The van der Waals surface area contributed by atoms with Gasteiger partial charge in [0.2, 0.25) is 0 Å². The van der Waals surface area contributed by atoms with E-state index >= 15 is 0 Å². The van der Waals surface area contributed by atoms with Crippen LogP contribution >= 0.6 is 0 Å². The number of nitrogens with zero attached hydrogens (tertiary/aromatic N) is 2. The van der Waals surface area contributed by atoms with E-state index in [1.54, 1.807) is 10.9 Å². The summed E-state index contributed by atoms with van der Waals surface area (Å²) in [6.45, 7) is 1.86. The highest BCUT2D eigenvalue weighted by molar-refractivity contribution is 7.92. The van der Waals surface area contributed by atoms with Crippen LogP contribution in [0, 0.1) is 0 Å². The second-order valence-electron chi connectivity index (χ2n) is 3.72. The third kappa shape index (κ3) is 1.55. The number of aromatic nitrogens is 2. The van der Waals surface area contributed by atoms with E-state index in [4.69, 9.17) is 5.73 Å². The molecule has 0 aliphatic carbocycles. The topological polar surface area (TPSA) is 78.0 Å². The summed E-state index contributed by atoms with van der Waals surface area (Å²) in [7, 11) is -2.80. The van der Waals surface area contributed by atoms with Crippen molar-refractivity contribution in [2.24, 2.45) is 5.73 Å². The largest absolute Gasteiger partial charge is 0.323 e. The van der Waals surface area contributed by atoms with Crippen LogP contribution in [0.2, 0.25) is 0 Å². The minimum Gasteiger partial charge on any atom is -0.323 e. The fourth-order valence-electron chi connectivity index (χ4n) is 1.67. The molecule has 0 radical (unpaired) electrons. The first-order chi connectivity index (χ1) is 6.49. The Morgan fingerprint density at radius 3 is 2.79 bits per heavy atom. The number of sulfone groups is 1. The molecular formula is C8H13N3O2S. The number of hydrogen-bond donors (Lipinski definition) is 1. The lowest BCUT2D eigenvalue weighted by Crippen LogP contribution is -2.39. The monoisotopic (exact) mass is 215 g/mol. The number of nitrogens with two attached hydrogens (primary N) is 1. The van der Waals surface area contributed by atoms with Crippen LogP contribution < -0.4 is 5.73 Å². The molecule has 1 fully saturated rings. The second-order valence-corrected chi connectivity index (χ2v) is 5.87. The molecule has 1 aromatic heterocycles. The molecule has 0 saturated carbocycles. The molecule has 78 valence electrons. The van der Waals surface area contributed by atoms with Crippen LogP contribution in [0.5, 0.6) is 0 Å². The highest BCUT2D eigenvalue weighted by Gasteiger charge is 2.36. The van der Waals surface area contributed by atoms with Crippen molar-refractivity contribution in [1.82, 2.24) is 9.78 Å². The third-order valence-corrected chi connectivity index (χ3v) is 4.19. The van der Waals surface area contributed by atoms with Crippen molar-refractivity contribution in [3.05, 3.63) is 18.0 Å². The van der Waals surface area contributed by atoms with Crippen LogP contribution in [0.1, 0.15) is 24.7 Å². The van der Waals surface area contributed by atoms with E-state index in [-0.39, 0.29) is 23.6 Å². The summed E-state index contributed by atoms with van der Waals surface area (Å²) in [4.78, 5) is 0. The molecule has 14 heavy (non-hydrogen) atoms. The second kappa shape index (κ2) is 3.06. The van der Waals surface area contributed by atoms with Gasteiger partial charge in [-0.15, -0.1) is 0 Å². The first-order valence-corrected chi connectivity index (χ1v) is 6.31. The lowest BCUT2D eigenvalue weighted by atomic mass is 10.2. The predicted octanol–water partition coefficient (Wildman–Crippen LogP) is -0.128. The molecule has 0 bridgehead atoms. The van der Waals surface area contributed by atoms with Gasteiger partial charge in [-0.2, -0.15) is 5.10 Å². The maximum absolute atomic E-state index is 11.0. The van der Waals surface area contributed by atoms with Gasteiger partial charge in [0.1, 0.15) is 0 Å². The van der Waals surface area contributed by atoms with E-state index in [9.17, 15) is 8.42 Å². The van der Waals surface area contributed by atoms with Crippen molar-refractivity contribution in [3.63, 3.8) is 0 Å². The van der Waals surface area contributed by atoms with Crippen LogP contribution in [0.4, 0.5) is 0 Å². The molecule has 0 amide bonds. The Balaban J connectivity index is 2.22. The quantitative estimate of drug-likeness (QED) is 0.745. The molecule has 1 unspecified atom stereocenters. The van der Waals surface area contributed by atoms with Gasteiger partial charge in [0.15, 0.2) is 9.84 Å². The maximum atomic E-state index is 11.0. The van der Waals surface area contributed by atoms with Crippen molar-refractivity contribution in [1.29, 1.82) is 0 Å². The van der Waals surface area contributed by atoms with Crippen molar-refractivity contribution >= 4 is 9.84 Å². The normalized spacial score (nSPS) is 23.0. The standard InChI is InChI=1S/C8H13N3O2S/c1-6(9)8-2-3-10-11(8)7-4-14(12,13)5-7/h2-3,6-7H,4-5,9H2,1H3. The Kier molecular flexibility index (Phi) is 2.11. The lowest BCUT2D eigenvalue weighted by Gasteiger charge is -2.28. The minimum absolute atomic E-state index is 0.0176. The van der Waals surface area contributed by atoms with Crippen LogP contribution in [0.25, 0.3) is 0 Å². The molecule has 1 aliphatic heterocycles. The summed E-state index contributed by atoms with van der Waals surface area (Å²) < 4.78 is 23.7. The van der Waals surface area contributed by atoms with Crippen molar-refractivity contribution < 1.29 is 8.42 Å². The Hall–Kier alpha value is -0.880. The predicted molar refractivity (Wildman–Crippen MR) is 52.5 cm³/mol.